The minimum Gasteiger partial charge on any atom is -0.478 e. The molecule has 7 heteroatoms. The molecule has 0 aliphatic carbocycles. The highest BCUT2D eigenvalue weighted by molar-refractivity contribution is 5.38. The molecule has 0 atom stereocenters. The Labute approximate surface area is 116 Å². The lowest BCUT2D eigenvalue weighted by molar-refractivity contribution is -0.145. The number of unbranched alkanes of at least 4 members (excludes halogenated alkanes) is 3. The zero-order valence-electron chi connectivity index (χ0n) is 11.8. The Balaban J connectivity index is 2.71. The normalized spacial score (nSPS) is 11.4. The third kappa shape index (κ3) is 5.63. The molecule has 0 bridgehead atoms. The second-order valence-electron chi connectivity index (χ2n) is 4.35. The predicted octanol–water partition coefficient (Wildman–Crippen LogP) is 3.89. The van der Waals surface area contributed by atoms with Crippen LogP contribution in [0.25, 0.3) is 0 Å². The van der Waals surface area contributed by atoms with E-state index in [0.29, 0.717) is 13.2 Å². The molecule has 0 saturated heterocycles. The first-order chi connectivity index (χ1) is 9.47. The van der Waals surface area contributed by atoms with Crippen LogP contribution in [0, 0.1) is 0 Å². The molecule has 0 aromatic carbocycles. The Morgan fingerprint density at radius 3 is 2.50 bits per heavy atom. The summed E-state index contributed by atoms with van der Waals surface area (Å²) >= 11 is 0. The van der Waals surface area contributed by atoms with Crippen LogP contribution in [-0.4, -0.2) is 23.1 Å². The average Bonchev–Trinajstić information content (AvgIpc) is 2.38. The standard InChI is InChI=1S/C13H20F3N3O/c1-3-5-6-7-8-20-11-9-10(17-4-2)18-12(19-11)13(14,15)16/h9H,3-8H2,1-2H3,(H,17,18,19). The molecular weight excluding hydrogens is 271 g/mol. The van der Waals surface area contributed by atoms with Gasteiger partial charge in [-0.25, -0.2) is 4.98 Å². The molecule has 114 valence electrons. The number of hydrogen-bond acceptors (Lipinski definition) is 4. The van der Waals surface area contributed by atoms with E-state index in [1.54, 1.807) is 6.92 Å². The number of rotatable bonds is 8. The van der Waals surface area contributed by atoms with Gasteiger partial charge in [0.1, 0.15) is 5.82 Å². The highest BCUT2D eigenvalue weighted by atomic mass is 19.4. The van der Waals surface area contributed by atoms with Crippen LogP contribution in [-0.2, 0) is 6.18 Å². The third-order valence-electron chi connectivity index (χ3n) is 2.56. The molecule has 0 unspecified atom stereocenters. The van der Waals surface area contributed by atoms with Crippen molar-refractivity contribution in [3.8, 4) is 5.88 Å². The number of hydrogen-bond donors (Lipinski definition) is 1. The summed E-state index contributed by atoms with van der Waals surface area (Å²) in [7, 11) is 0. The molecule has 1 rings (SSSR count). The van der Waals surface area contributed by atoms with Crippen molar-refractivity contribution in [3.05, 3.63) is 11.9 Å². The van der Waals surface area contributed by atoms with Crippen molar-refractivity contribution in [1.82, 2.24) is 9.97 Å². The van der Waals surface area contributed by atoms with Gasteiger partial charge >= 0.3 is 6.18 Å². The van der Waals surface area contributed by atoms with Crippen LogP contribution in [0.15, 0.2) is 6.07 Å². The van der Waals surface area contributed by atoms with Crippen molar-refractivity contribution in [3.63, 3.8) is 0 Å². The van der Waals surface area contributed by atoms with Gasteiger partial charge in [-0.1, -0.05) is 26.2 Å². The molecule has 0 aliphatic rings. The van der Waals surface area contributed by atoms with Crippen LogP contribution >= 0.6 is 0 Å². The third-order valence-corrected chi connectivity index (χ3v) is 2.56. The van der Waals surface area contributed by atoms with E-state index < -0.39 is 12.0 Å². The zero-order chi connectivity index (χ0) is 15.0. The molecule has 1 heterocycles. The first-order valence-corrected chi connectivity index (χ1v) is 6.80. The molecule has 0 saturated carbocycles. The quantitative estimate of drug-likeness (QED) is 0.738. The lowest BCUT2D eigenvalue weighted by Gasteiger charge is -2.11. The van der Waals surface area contributed by atoms with Crippen molar-refractivity contribution in [2.24, 2.45) is 0 Å². The van der Waals surface area contributed by atoms with Gasteiger partial charge in [0.15, 0.2) is 0 Å². The topological polar surface area (TPSA) is 47.0 Å². The fourth-order valence-electron chi connectivity index (χ4n) is 1.60. The van der Waals surface area contributed by atoms with Gasteiger partial charge < -0.3 is 10.1 Å². The summed E-state index contributed by atoms with van der Waals surface area (Å²) in [4.78, 5) is 6.83. The Morgan fingerprint density at radius 2 is 1.90 bits per heavy atom. The highest BCUT2D eigenvalue weighted by Gasteiger charge is 2.35. The Bertz CT molecular complexity index is 410. The highest BCUT2D eigenvalue weighted by Crippen LogP contribution is 2.28. The van der Waals surface area contributed by atoms with Gasteiger partial charge in [-0.15, -0.1) is 0 Å². The van der Waals surface area contributed by atoms with Gasteiger partial charge in [-0.3, -0.25) is 0 Å². The molecule has 1 aromatic heterocycles. The van der Waals surface area contributed by atoms with Crippen LogP contribution in [0.5, 0.6) is 5.88 Å². The second-order valence-corrected chi connectivity index (χ2v) is 4.35. The van der Waals surface area contributed by atoms with Gasteiger partial charge in [0.2, 0.25) is 11.7 Å². The summed E-state index contributed by atoms with van der Waals surface area (Å²) in [6, 6.07) is 1.39. The zero-order valence-corrected chi connectivity index (χ0v) is 11.8. The van der Waals surface area contributed by atoms with Crippen molar-refractivity contribution < 1.29 is 17.9 Å². The predicted molar refractivity (Wildman–Crippen MR) is 70.8 cm³/mol. The lowest BCUT2D eigenvalue weighted by atomic mass is 10.2. The molecule has 4 nitrogen and oxygen atoms in total. The molecule has 1 aromatic rings. The number of nitrogens with one attached hydrogen (secondary N) is 1. The summed E-state index contributed by atoms with van der Waals surface area (Å²) in [5, 5.41) is 2.74. The van der Waals surface area contributed by atoms with Crippen LogP contribution in [0.4, 0.5) is 19.0 Å². The van der Waals surface area contributed by atoms with Crippen molar-refractivity contribution in [2.75, 3.05) is 18.5 Å². The molecule has 0 amide bonds. The Hall–Kier alpha value is -1.53. The fourth-order valence-corrected chi connectivity index (χ4v) is 1.60. The van der Waals surface area contributed by atoms with Crippen LogP contribution in [0.3, 0.4) is 0 Å². The lowest BCUT2D eigenvalue weighted by Crippen LogP contribution is -2.14. The molecule has 0 aliphatic heterocycles. The molecule has 0 spiro atoms. The van der Waals surface area contributed by atoms with E-state index in [4.69, 9.17) is 4.74 Å². The second kappa shape index (κ2) is 7.91. The SMILES string of the molecule is CCCCCCOc1cc(NCC)nc(C(F)(F)F)n1. The van der Waals surface area contributed by atoms with E-state index in [2.05, 4.69) is 22.2 Å². The Kier molecular flexibility index (Phi) is 6.54. The minimum absolute atomic E-state index is 0.0419. The van der Waals surface area contributed by atoms with Crippen LogP contribution < -0.4 is 10.1 Å². The monoisotopic (exact) mass is 291 g/mol. The summed E-state index contributed by atoms with van der Waals surface area (Å²) in [5.74, 6) is -1.10. The number of ether oxygens (including phenoxy) is 1. The summed E-state index contributed by atoms with van der Waals surface area (Å²) < 4.78 is 43.3. The van der Waals surface area contributed by atoms with Gasteiger partial charge in [0.05, 0.1) is 6.61 Å². The van der Waals surface area contributed by atoms with E-state index >= 15 is 0 Å². The summed E-state index contributed by atoms with van der Waals surface area (Å²) in [6.07, 6.45) is -0.602. The van der Waals surface area contributed by atoms with Crippen molar-refractivity contribution in [2.45, 2.75) is 45.7 Å². The van der Waals surface area contributed by atoms with E-state index in [1.807, 2.05) is 0 Å². The van der Waals surface area contributed by atoms with Gasteiger partial charge in [-0.05, 0) is 13.3 Å². The minimum atomic E-state index is -4.58. The molecule has 1 N–H and O–H groups in total. The van der Waals surface area contributed by atoms with Crippen LogP contribution in [0.1, 0.15) is 45.4 Å². The Morgan fingerprint density at radius 1 is 1.15 bits per heavy atom. The number of alkyl halides is 3. The molecule has 0 fully saturated rings. The van der Waals surface area contributed by atoms with Gasteiger partial charge in [0.25, 0.3) is 0 Å². The summed E-state index contributed by atoms with van der Waals surface area (Å²) in [5.41, 5.74) is 0. The molecule has 20 heavy (non-hydrogen) atoms. The average molecular weight is 291 g/mol. The first kappa shape index (κ1) is 16.5. The van der Waals surface area contributed by atoms with E-state index in [9.17, 15) is 13.2 Å². The van der Waals surface area contributed by atoms with Gasteiger partial charge in [0, 0.05) is 12.6 Å². The maximum atomic E-state index is 12.7. The summed E-state index contributed by atoms with van der Waals surface area (Å²) in [6.45, 7) is 4.70. The fraction of sp³-hybridized carbons (Fsp3) is 0.692. The van der Waals surface area contributed by atoms with Crippen molar-refractivity contribution in [1.29, 1.82) is 0 Å². The van der Waals surface area contributed by atoms with E-state index in [-0.39, 0.29) is 11.7 Å². The van der Waals surface area contributed by atoms with Gasteiger partial charge in [-0.2, -0.15) is 18.2 Å². The van der Waals surface area contributed by atoms with Crippen LogP contribution in [0.2, 0.25) is 0 Å². The number of aromatic nitrogens is 2. The maximum Gasteiger partial charge on any atom is 0.451 e. The molecular formula is C13H20F3N3O. The largest absolute Gasteiger partial charge is 0.478 e. The smallest absolute Gasteiger partial charge is 0.451 e. The first-order valence-electron chi connectivity index (χ1n) is 6.80. The number of halogens is 3. The van der Waals surface area contributed by atoms with E-state index in [0.717, 1.165) is 25.7 Å². The maximum absolute atomic E-state index is 12.7. The number of anilines is 1. The van der Waals surface area contributed by atoms with E-state index in [1.165, 1.54) is 6.07 Å². The number of nitrogens with zero attached hydrogens (tertiary/aromatic N) is 2. The molecule has 0 radical (unpaired) electrons. The van der Waals surface area contributed by atoms with Crippen molar-refractivity contribution >= 4 is 5.82 Å².